The Morgan fingerprint density at radius 2 is 2.08 bits per heavy atom. The first-order valence-electron chi connectivity index (χ1n) is 8.55. The summed E-state index contributed by atoms with van der Waals surface area (Å²) >= 11 is 0. The predicted molar refractivity (Wildman–Crippen MR) is 94.4 cm³/mol. The molecule has 0 bridgehead atoms. The van der Waals surface area contributed by atoms with Gasteiger partial charge in [0, 0.05) is 25.1 Å². The summed E-state index contributed by atoms with van der Waals surface area (Å²) in [6.07, 6.45) is 1.24. The van der Waals surface area contributed by atoms with Crippen molar-refractivity contribution < 1.29 is 4.74 Å². The monoisotopic (exact) mass is 327 g/mol. The number of nitrogens with one attached hydrogen (secondary N) is 1. The Morgan fingerprint density at radius 1 is 1.33 bits per heavy atom. The van der Waals surface area contributed by atoms with Crippen molar-refractivity contribution in [1.82, 2.24) is 14.9 Å². The first-order chi connectivity index (χ1) is 11.5. The third kappa shape index (κ3) is 4.23. The summed E-state index contributed by atoms with van der Waals surface area (Å²) in [5.41, 5.74) is 2.14. The summed E-state index contributed by atoms with van der Waals surface area (Å²) in [5.74, 6) is 1.95. The number of hydrogen-bond donors (Lipinski definition) is 1. The van der Waals surface area contributed by atoms with Gasteiger partial charge in [0.1, 0.15) is 11.6 Å². The van der Waals surface area contributed by atoms with E-state index in [2.05, 4.69) is 27.0 Å². The highest BCUT2D eigenvalue weighted by atomic mass is 16.5. The number of H-pyrrole nitrogens is 1. The highest BCUT2D eigenvalue weighted by Gasteiger charge is 2.25. The maximum absolute atomic E-state index is 11.6. The fraction of sp³-hybridized carbons (Fsp3) is 0.474. The molecule has 1 aromatic carbocycles. The minimum absolute atomic E-state index is 0.0586. The van der Waals surface area contributed by atoms with Crippen LogP contribution in [0.1, 0.15) is 43.3 Å². The molecule has 2 heterocycles. The second kappa shape index (κ2) is 7.18. The van der Waals surface area contributed by atoms with Crippen LogP contribution in [0, 0.1) is 6.92 Å². The normalized spacial score (nSPS) is 18.2. The number of hydrogen-bond acceptors (Lipinski definition) is 4. The lowest BCUT2D eigenvalue weighted by Gasteiger charge is -2.17. The molecule has 2 aromatic rings. The number of aryl methyl sites for hydroxylation is 1. The summed E-state index contributed by atoms with van der Waals surface area (Å²) < 4.78 is 5.68. The molecule has 0 amide bonds. The van der Waals surface area contributed by atoms with Crippen molar-refractivity contribution in [2.45, 2.75) is 45.8 Å². The van der Waals surface area contributed by atoms with E-state index in [0.29, 0.717) is 11.7 Å². The molecule has 1 saturated heterocycles. The van der Waals surface area contributed by atoms with Gasteiger partial charge in [0.2, 0.25) is 0 Å². The lowest BCUT2D eigenvalue weighted by molar-refractivity contribution is 0.242. The van der Waals surface area contributed by atoms with E-state index in [9.17, 15) is 4.79 Å². The van der Waals surface area contributed by atoms with E-state index in [-0.39, 0.29) is 11.7 Å². The van der Waals surface area contributed by atoms with Crippen LogP contribution in [0.5, 0.6) is 5.75 Å². The fourth-order valence-electron chi connectivity index (χ4n) is 3.23. The number of rotatable bonds is 5. The molecular weight excluding hydrogens is 302 g/mol. The van der Waals surface area contributed by atoms with Gasteiger partial charge in [-0.3, -0.25) is 9.69 Å². The highest BCUT2D eigenvalue weighted by molar-refractivity contribution is 5.27. The van der Waals surface area contributed by atoms with Gasteiger partial charge in [-0.2, -0.15) is 0 Å². The van der Waals surface area contributed by atoms with Crippen molar-refractivity contribution in [2.24, 2.45) is 0 Å². The lowest BCUT2D eigenvalue weighted by Crippen LogP contribution is -2.20. The molecule has 3 rings (SSSR count). The fourth-order valence-corrected chi connectivity index (χ4v) is 3.23. The number of aromatic amines is 1. The van der Waals surface area contributed by atoms with Crippen molar-refractivity contribution in [3.63, 3.8) is 0 Å². The molecular formula is C19H25N3O2. The number of benzene rings is 1. The first kappa shape index (κ1) is 16.7. The summed E-state index contributed by atoms with van der Waals surface area (Å²) in [4.78, 5) is 21.3. The van der Waals surface area contributed by atoms with Crippen molar-refractivity contribution >= 4 is 0 Å². The third-order valence-electron chi connectivity index (χ3n) is 4.27. The van der Waals surface area contributed by atoms with Crippen molar-refractivity contribution in [1.29, 1.82) is 0 Å². The molecule has 1 atom stereocenters. The third-order valence-corrected chi connectivity index (χ3v) is 4.27. The minimum atomic E-state index is -0.0586. The van der Waals surface area contributed by atoms with Crippen LogP contribution in [-0.4, -0.2) is 34.1 Å². The number of likely N-dealkylation sites (tertiary alicyclic amines) is 1. The Morgan fingerprint density at radius 3 is 2.75 bits per heavy atom. The molecule has 0 saturated carbocycles. The SMILES string of the molecule is Cc1nc(C2CCN(Cc3ccc(OC(C)C)cc3)C2)cc(=O)[nH]1. The van der Waals surface area contributed by atoms with Crippen LogP contribution < -0.4 is 10.3 Å². The quantitative estimate of drug-likeness (QED) is 0.917. The summed E-state index contributed by atoms with van der Waals surface area (Å²) in [7, 11) is 0. The summed E-state index contributed by atoms with van der Waals surface area (Å²) in [5, 5.41) is 0. The van der Waals surface area contributed by atoms with Crippen molar-refractivity contribution in [3.05, 3.63) is 57.8 Å². The maximum atomic E-state index is 11.6. The average molecular weight is 327 g/mol. The molecule has 1 aliphatic heterocycles. The highest BCUT2D eigenvalue weighted by Crippen LogP contribution is 2.26. The standard InChI is InChI=1S/C19H25N3O2/c1-13(2)24-17-6-4-15(5-7-17)11-22-9-8-16(12-22)18-10-19(23)21-14(3)20-18/h4-7,10,13,16H,8-9,11-12H2,1-3H3,(H,20,21,23). The van der Waals surface area contributed by atoms with E-state index in [1.54, 1.807) is 6.07 Å². The molecule has 0 radical (unpaired) electrons. The maximum Gasteiger partial charge on any atom is 0.251 e. The molecule has 1 unspecified atom stereocenters. The zero-order valence-electron chi connectivity index (χ0n) is 14.6. The van der Waals surface area contributed by atoms with E-state index >= 15 is 0 Å². The van der Waals surface area contributed by atoms with Gasteiger partial charge in [-0.1, -0.05) is 12.1 Å². The molecule has 0 aliphatic carbocycles. The smallest absolute Gasteiger partial charge is 0.251 e. The Labute approximate surface area is 142 Å². The molecule has 5 heteroatoms. The number of nitrogens with zero attached hydrogens (tertiary/aromatic N) is 2. The van der Waals surface area contributed by atoms with Gasteiger partial charge < -0.3 is 9.72 Å². The van der Waals surface area contributed by atoms with Crippen molar-refractivity contribution in [3.8, 4) is 5.75 Å². The van der Waals surface area contributed by atoms with Gasteiger partial charge in [-0.05, 0) is 51.4 Å². The van der Waals surface area contributed by atoms with Gasteiger partial charge in [-0.15, -0.1) is 0 Å². The van der Waals surface area contributed by atoms with E-state index in [0.717, 1.165) is 37.5 Å². The second-order valence-electron chi connectivity index (χ2n) is 6.79. The van der Waals surface area contributed by atoms with Gasteiger partial charge in [0.15, 0.2) is 0 Å². The van der Waals surface area contributed by atoms with Gasteiger partial charge >= 0.3 is 0 Å². The summed E-state index contributed by atoms with van der Waals surface area (Å²) in [6.45, 7) is 8.78. The first-order valence-corrected chi connectivity index (χ1v) is 8.55. The minimum Gasteiger partial charge on any atom is -0.491 e. The Kier molecular flexibility index (Phi) is 5.00. The number of aromatic nitrogens is 2. The topological polar surface area (TPSA) is 58.2 Å². The van der Waals surface area contributed by atoms with Crippen LogP contribution in [0.3, 0.4) is 0 Å². The largest absolute Gasteiger partial charge is 0.491 e. The van der Waals surface area contributed by atoms with E-state index in [1.807, 2.05) is 32.9 Å². The average Bonchev–Trinajstić information content (AvgIpc) is 2.96. The predicted octanol–water partition coefficient (Wildman–Crippen LogP) is 2.86. The molecule has 128 valence electrons. The van der Waals surface area contributed by atoms with E-state index in [1.165, 1.54) is 5.56 Å². The summed E-state index contributed by atoms with van der Waals surface area (Å²) in [6, 6.07) is 9.95. The van der Waals surface area contributed by atoms with Crippen LogP contribution in [0.2, 0.25) is 0 Å². The van der Waals surface area contributed by atoms with Crippen LogP contribution in [0.4, 0.5) is 0 Å². The Bertz CT molecular complexity index is 737. The molecule has 24 heavy (non-hydrogen) atoms. The molecule has 1 N–H and O–H groups in total. The Balaban J connectivity index is 1.60. The van der Waals surface area contributed by atoms with Crippen LogP contribution in [0.25, 0.3) is 0 Å². The van der Waals surface area contributed by atoms with Crippen molar-refractivity contribution in [2.75, 3.05) is 13.1 Å². The van der Waals surface area contributed by atoms with Gasteiger partial charge in [0.25, 0.3) is 5.56 Å². The van der Waals surface area contributed by atoms with Gasteiger partial charge in [-0.25, -0.2) is 4.98 Å². The second-order valence-corrected chi connectivity index (χ2v) is 6.79. The van der Waals surface area contributed by atoms with E-state index < -0.39 is 0 Å². The zero-order chi connectivity index (χ0) is 17.1. The number of ether oxygens (including phenoxy) is 1. The molecule has 0 spiro atoms. The molecule has 1 fully saturated rings. The lowest BCUT2D eigenvalue weighted by atomic mass is 10.0. The Hall–Kier alpha value is -2.14. The van der Waals surface area contributed by atoms with Crippen LogP contribution in [0.15, 0.2) is 35.1 Å². The molecule has 5 nitrogen and oxygen atoms in total. The molecule has 1 aromatic heterocycles. The van der Waals surface area contributed by atoms with Crippen LogP contribution in [-0.2, 0) is 6.54 Å². The van der Waals surface area contributed by atoms with Crippen LogP contribution >= 0.6 is 0 Å². The zero-order valence-corrected chi connectivity index (χ0v) is 14.6. The van der Waals surface area contributed by atoms with E-state index in [4.69, 9.17) is 4.74 Å². The molecule has 1 aliphatic rings. The van der Waals surface area contributed by atoms with Gasteiger partial charge in [0.05, 0.1) is 11.8 Å².